The quantitative estimate of drug-likeness (QED) is 0.893. The lowest BCUT2D eigenvalue weighted by molar-refractivity contribution is -0.123. The first-order chi connectivity index (χ1) is 10.8. The maximum absolute atomic E-state index is 11.9. The molecule has 3 rings (SSSR count). The molecule has 0 saturated heterocycles. The molecule has 1 aromatic heterocycles. The van der Waals surface area contributed by atoms with Crippen LogP contribution in [0.5, 0.6) is 0 Å². The molecule has 1 aliphatic heterocycles. The number of anilines is 1. The summed E-state index contributed by atoms with van der Waals surface area (Å²) >= 11 is 0. The summed E-state index contributed by atoms with van der Waals surface area (Å²) in [5.41, 5.74) is 4.92. The van der Waals surface area contributed by atoms with Gasteiger partial charge in [0.2, 0.25) is 11.9 Å². The van der Waals surface area contributed by atoms with Crippen LogP contribution < -0.4 is 10.6 Å². The minimum atomic E-state index is -0.527. The van der Waals surface area contributed by atoms with Gasteiger partial charge in [0.05, 0.1) is 17.1 Å². The van der Waals surface area contributed by atoms with Gasteiger partial charge in [0.1, 0.15) is 0 Å². The Hall–Kier alpha value is -2.50. The van der Waals surface area contributed by atoms with Crippen molar-refractivity contribution in [2.75, 3.05) is 5.32 Å². The van der Waals surface area contributed by atoms with Gasteiger partial charge >= 0.3 is 0 Å². The predicted octanol–water partition coefficient (Wildman–Crippen LogP) is 2.48. The van der Waals surface area contributed by atoms with Crippen LogP contribution in [0.2, 0.25) is 0 Å². The van der Waals surface area contributed by atoms with Crippen LogP contribution in [-0.2, 0) is 4.79 Å². The third-order valence-corrected chi connectivity index (χ3v) is 4.22. The van der Waals surface area contributed by atoms with Crippen LogP contribution in [0, 0.1) is 26.7 Å². The molecule has 6 nitrogen and oxygen atoms in total. The van der Waals surface area contributed by atoms with E-state index < -0.39 is 6.29 Å². The van der Waals surface area contributed by atoms with Crippen LogP contribution in [0.25, 0.3) is 10.9 Å². The predicted molar refractivity (Wildman–Crippen MR) is 91.6 cm³/mol. The first-order valence-corrected chi connectivity index (χ1v) is 7.72. The van der Waals surface area contributed by atoms with Crippen LogP contribution in [-0.4, -0.2) is 27.9 Å². The number of amides is 1. The minimum Gasteiger partial charge on any atom is -0.317 e. The standard InChI is InChI=1S/C17H21N5O/c1-8-6-9(2)14-13(7-8)12(5)19-16(20-14)22-17-18-11(4)10(3)15(23)21-17/h6-7,10,17H,1-5H3,(H,21,23)(H,19,20,22)/t10?,17-/m1/s1. The van der Waals surface area contributed by atoms with Crippen molar-refractivity contribution in [2.24, 2.45) is 10.9 Å². The first kappa shape index (κ1) is 15.4. The van der Waals surface area contributed by atoms with E-state index in [-0.39, 0.29) is 11.8 Å². The number of carbonyl (C=O) groups excluding carboxylic acids is 1. The molecule has 2 heterocycles. The molecular formula is C17H21N5O. The highest BCUT2D eigenvalue weighted by Crippen LogP contribution is 2.22. The van der Waals surface area contributed by atoms with E-state index in [0.717, 1.165) is 27.9 Å². The number of benzene rings is 1. The Kier molecular flexibility index (Phi) is 3.75. The van der Waals surface area contributed by atoms with Crippen LogP contribution in [0.1, 0.15) is 30.7 Å². The average molecular weight is 311 g/mol. The van der Waals surface area contributed by atoms with E-state index in [9.17, 15) is 4.79 Å². The van der Waals surface area contributed by atoms with Crippen molar-refractivity contribution in [2.45, 2.75) is 40.9 Å². The number of nitrogens with one attached hydrogen (secondary N) is 2. The van der Waals surface area contributed by atoms with Gasteiger partial charge < -0.3 is 10.6 Å². The Bertz CT molecular complexity index is 827. The fourth-order valence-corrected chi connectivity index (χ4v) is 2.79. The molecule has 1 unspecified atom stereocenters. The number of hydrogen-bond donors (Lipinski definition) is 2. The summed E-state index contributed by atoms with van der Waals surface area (Å²) in [5.74, 6) is 0.232. The van der Waals surface area contributed by atoms with E-state index in [0.29, 0.717) is 5.95 Å². The van der Waals surface area contributed by atoms with Gasteiger partial charge in [-0.15, -0.1) is 0 Å². The molecule has 0 bridgehead atoms. The minimum absolute atomic E-state index is 0.0423. The Morgan fingerprint density at radius 1 is 1.13 bits per heavy atom. The van der Waals surface area contributed by atoms with Gasteiger partial charge in [0.25, 0.3) is 0 Å². The number of nitrogens with zero attached hydrogens (tertiary/aromatic N) is 3. The van der Waals surface area contributed by atoms with Gasteiger partial charge in [0, 0.05) is 11.1 Å². The van der Waals surface area contributed by atoms with Crippen LogP contribution in [0.3, 0.4) is 0 Å². The second kappa shape index (κ2) is 5.61. The molecule has 1 aromatic carbocycles. The van der Waals surface area contributed by atoms with E-state index in [1.807, 2.05) is 27.7 Å². The smallest absolute Gasteiger partial charge is 0.231 e. The fraction of sp³-hybridized carbons (Fsp3) is 0.412. The van der Waals surface area contributed by atoms with E-state index in [4.69, 9.17) is 0 Å². The largest absolute Gasteiger partial charge is 0.317 e. The molecule has 0 fully saturated rings. The number of aliphatic imine (C=N–C) groups is 1. The maximum Gasteiger partial charge on any atom is 0.231 e. The fourth-order valence-electron chi connectivity index (χ4n) is 2.79. The number of hydrogen-bond acceptors (Lipinski definition) is 5. The van der Waals surface area contributed by atoms with E-state index in [1.165, 1.54) is 5.56 Å². The number of aromatic nitrogens is 2. The maximum atomic E-state index is 11.9. The van der Waals surface area contributed by atoms with Gasteiger partial charge in [-0.3, -0.25) is 4.79 Å². The second-order valence-corrected chi connectivity index (χ2v) is 6.16. The molecule has 0 radical (unpaired) electrons. The molecule has 2 N–H and O–H groups in total. The Morgan fingerprint density at radius 3 is 2.57 bits per heavy atom. The summed E-state index contributed by atoms with van der Waals surface area (Å²) < 4.78 is 0. The molecular weight excluding hydrogens is 290 g/mol. The van der Waals surface area contributed by atoms with Gasteiger partial charge in [-0.2, -0.15) is 0 Å². The molecule has 120 valence electrons. The highest BCUT2D eigenvalue weighted by Gasteiger charge is 2.25. The van der Waals surface area contributed by atoms with E-state index in [1.54, 1.807) is 0 Å². The Labute approximate surface area is 135 Å². The molecule has 1 aliphatic rings. The number of rotatable bonds is 2. The van der Waals surface area contributed by atoms with Gasteiger partial charge in [-0.1, -0.05) is 11.6 Å². The lowest BCUT2D eigenvalue weighted by Crippen LogP contribution is -2.48. The van der Waals surface area contributed by atoms with E-state index in [2.05, 4.69) is 44.7 Å². The van der Waals surface area contributed by atoms with Crippen molar-refractivity contribution in [1.82, 2.24) is 15.3 Å². The van der Waals surface area contributed by atoms with E-state index >= 15 is 0 Å². The summed E-state index contributed by atoms with van der Waals surface area (Å²) in [6.45, 7) is 9.76. The normalized spacial score (nSPS) is 21.1. The molecule has 0 aliphatic carbocycles. The summed E-state index contributed by atoms with van der Waals surface area (Å²) in [4.78, 5) is 25.5. The van der Waals surface area contributed by atoms with Gasteiger partial charge in [-0.05, 0) is 46.2 Å². The Balaban J connectivity index is 1.97. The lowest BCUT2D eigenvalue weighted by Gasteiger charge is -2.25. The van der Waals surface area contributed by atoms with Gasteiger partial charge in [-0.25, -0.2) is 15.0 Å². The third kappa shape index (κ3) is 2.88. The van der Waals surface area contributed by atoms with Gasteiger partial charge in [0.15, 0.2) is 6.29 Å². The zero-order valence-electron chi connectivity index (χ0n) is 14.1. The lowest BCUT2D eigenvalue weighted by atomic mass is 10.1. The number of carbonyl (C=O) groups is 1. The molecule has 2 aromatic rings. The summed E-state index contributed by atoms with van der Waals surface area (Å²) in [5, 5.41) is 6.96. The monoisotopic (exact) mass is 311 g/mol. The van der Waals surface area contributed by atoms with Crippen molar-refractivity contribution >= 4 is 28.5 Å². The zero-order chi connectivity index (χ0) is 16.7. The van der Waals surface area contributed by atoms with Crippen LogP contribution in [0.15, 0.2) is 17.1 Å². The van der Waals surface area contributed by atoms with Crippen LogP contribution >= 0.6 is 0 Å². The van der Waals surface area contributed by atoms with Crippen molar-refractivity contribution in [3.05, 3.63) is 29.0 Å². The van der Waals surface area contributed by atoms with Crippen molar-refractivity contribution in [3.63, 3.8) is 0 Å². The molecule has 2 atom stereocenters. The second-order valence-electron chi connectivity index (χ2n) is 6.16. The number of fused-ring (bicyclic) bond motifs is 1. The third-order valence-electron chi connectivity index (χ3n) is 4.22. The number of aryl methyl sites for hydroxylation is 3. The summed E-state index contributed by atoms with van der Waals surface area (Å²) in [6, 6.07) is 4.19. The molecule has 1 amide bonds. The molecule has 0 saturated carbocycles. The Morgan fingerprint density at radius 2 is 1.87 bits per heavy atom. The molecule has 6 heteroatoms. The molecule has 23 heavy (non-hydrogen) atoms. The highest BCUT2D eigenvalue weighted by molar-refractivity contribution is 6.04. The van der Waals surface area contributed by atoms with Crippen molar-refractivity contribution < 1.29 is 4.79 Å². The molecule has 0 spiro atoms. The SMILES string of the molecule is CC1=N[C@@H](Nc2nc(C)c3cc(C)cc(C)c3n2)NC(=O)C1C. The topological polar surface area (TPSA) is 79.3 Å². The van der Waals surface area contributed by atoms with Crippen molar-refractivity contribution in [1.29, 1.82) is 0 Å². The van der Waals surface area contributed by atoms with Crippen molar-refractivity contribution in [3.8, 4) is 0 Å². The summed E-state index contributed by atoms with van der Waals surface area (Å²) in [7, 11) is 0. The average Bonchev–Trinajstić information content (AvgIpc) is 2.46. The summed E-state index contributed by atoms with van der Waals surface area (Å²) in [6.07, 6.45) is -0.527. The highest BCUT2D eigenvalue weighted by atomic mass is 16.2. The zero-order valence-corrected chi connectivity index (χ0v) is 14.1. The first-order valence-electron chi connectivity index (χ1n) is 7.72. The van der Waals surface area contributed by atoms with Crippen LogP contribution in [0.4, 0.5) is 5.95 Å².